The van der Waals surface area contributed by atoms with Gasteiger partial charge in [-0.1, -0.05) is 20.8 Å². The molecule has 1 N–H and O–H groups in total. The van der Waals surface area contributed by atoms with Gasteiger partial charge in [-0.15, -0.1) is 10.2 Å². The number of carbonyl (C=O) groups excluding carboxylic acids is 1. The molecule has 17 heavy (non-hydrogen) atoms. The Morgan fingerprint density at radius 1 is 1.41 bits per heavy atom. The first-order chi connectivity index (χ1) is 7.96. The third kappa shape index (κ3) is 3.05. The minimum Gasteiger partial charge on any atom is -0.349 e. The summed E-state index contributed by atoms with van der Waals surface area (Å²) in [7, 11) is 0. The summed E-state index contributed by atoms with van der Waals surface area (Å²) in [6.45, 7) is 7.64. The fraction of sp³-hybridized carbons (Fsp3) is 0.750. The van der Waals surface area contributed by atoms with Gasteiger partial charge >= 0.3 is 0 Å². The van der Waals surface area contributed by atoms with Crippen LogP contribution in [0.2, 0.25) is 0 Å². The van der Waals surface area contributed by atoms with E-state index >= 15 is 0 Å². The Bertz CT molecular complexity index is 417. The molecule has 5 nitrogen and oxygen atoms in total. The van der Waals surface area contributed by atoms with Crippen LogP contribution in [0.15, 0.2) is 0 Å². The van der Waals surface area contributed by atoms with Crippen molar-refractivity contribution in [3.63, 3.8) is 0 Å². The highest BCUT2D eigenvalue weighted by Gasteiger charge is 2.19. The van der Waals surface area contributed by atoms with Gasteiger partial charge in [0.2, 0.25) is 5.91 Å². The van der Waals surface area contributed by atoms with Gasteiger partial charge in [0.25, 0.3) is 0 Å². The number of rotatable bonds is 3. The first-order valence-electron chi connectivity index (χ1n) is 6.13. The van der Waals surface area contributed by atoms with E-state index in [1.54, 1.807) is 0 Å². The monoisotopic (exact) mass is 236 g/mol. The lowest BCUT2D eigenvalue weighted by atomic mass is 9.92. The third-order valence-electron chi connectivity index (χ3n) is 2.82. The maximum absolute atomic E-state index is 11.7. The van der Waals surface area contributed by atoms with Crippen molar-refractivity contribution in [1.29, 1.82) is 0 Å². The molecule has 1 amide bonds. The second kappa shape index (κ2) is 4.47. The summed E-state index contributed by atoms with van der Waals surface area (Å²) < 4.78 is 2.11. The van der Waals surface area contributed by atoms with Crippen LogP contribution in [0, 0.1) is 5.41 Å². The van der Waals surface area contributed by atoms with Gasteiger partial charge in [-0.3, -0.25) is 4.79 Å². The van der Waals surface area contributed by atoms with Crippen LogP contribution in [0.4, 0.5) is 0 Å². The molecule has 0 spiro atoms. The highest BCUT2D eigenvalue weighted by atomic mass is 16.1. The molecule has 0 atom stereocenters. The predicted molar refractivity (Wildman–Crippen MR) is 64.3 cm³/mol. The van der Waals surface area contributed by atoms with Crippen LogP contribution in [0.25, 0.3) is 0 Å². The van der Waals surface area contributed by atoms with Crippen LogP contribution in [-0.4, -0.2) is 20.7 Å². The number of aryl methyl sites for hydroxylation is 1. The molecule has 0 saturated heterocycles. The van der Waals surface area contributed by atoms with E-state index < -0.39 is 0 Å². The van der Waals surface area contributed by atoms with E-state index in [9.17, 15) is 4.79 Å². The lowest BCUT2D eigenvalue weighted by Gasteiger charge is -2.17. The molecule has 1 aliphatic heterocycles. The lowest BCUT2D eigenvalue weighted by Crippen LogP contribution is -2.28. The molecule has 1 aliphatic rings. The summed E-state index contributed by atoms with van der Waals surface area (Å²) in [6, 6.07) is 0. The number of aromatic nitrogens is 3. The molecule has 1 aromatic heterocycles. The molecule has 2 heterocycles. The molecule has 0 aliphatic carbocycles. The molecule has 2 rings (SSSR count). The number of hydrogen-bond acceptors (Lipinski definition) is 3. The molecule has 0 fully saturated rings. The molecule has 0 saturated carbocycles. The maximum Gasteiger partial charge on any atom is 0.220 e. The average molecular weight is 236 g/mol. The van der Waals surface area contributed by atoms with Crippen molar-refractivity contribution in [3.05, 3.63) is 11.6 Å². The standard InChI is InChI=1S/C12H20N4O/c1-12(2,3)7-11(17)13-8-10-15-14-9-5-4-6-16(9)10/h4-8H2,1-3H3,(H,13,17). The van der Waals surface area contributed by atoms with Crippen LogP contribution in [0.5, 0.6) is 0 Å². The van der Waals surface area contributed by atoms with Crippen LogP contribution in [-0.2, 0) is 24.3 Å². The highest BCUT2D eigenvalue weighted by Crippen LogP contribution is 2.18. The summed E-state index contributed by atoms with van der Waals surface area (Å²) >= 11 is 0. The van der Waals surface area contributed by atoms with Crippen molar-refractivity contribution in [2.24, 2.45) is 5.41 Å². The molecule has 0 aromatic carbocycles. The van der Waals surface area contributed by atoms with Crippen LogP contribution in [0.1, 0.15) is 45.3 Å². The fourth-order valence-electron chi connectivity index (χ4n) is 2.06. The smallest absolute Gasteiger partial charge is 0.220 e. The van der Waals surface area contributed by atoms with Crippen LogP contribution < -0.4 is 5.32 Å². The second-order valence-corrected chi connectivity index (χ2v) is 5.80. The Morgan fingerprint density at radius 2 is 2.18 bits per heavy atom. The highest BCUT2D eigenvalue weighted by molar-refractivity contribution is 5.76. The van der Waals surface area contributed by atoms with E-state index in [0.717, 1.165) is 31.0 Å². The van der Waals surface area contributed by atoms with Gasteiger partial charge in [-0.25, -0.2) is 0 Å². The van der Waals surface area contributed by atoms with Crippen LogP contribution >= 0.6 is 0 Å². The zero-order valence-electron chi connectivity index (χ0n) is 10.8. The molecular weight excluding hydrogens is 216 g/mol. The summed E-state index contributed by atoms with van der Waals surface area (Å²) in [5.74, 6) is 2.00. The maximum atomic E-state index is 11.7. The minimum atomic E-state index is 0.0247. The quantitative estimate of drug-likeness (QED) is 0.860. The second-order valence-electron chi connectivity index (χ2n) is 5.80. The van der Waals surface area contributed by atoms with E-state index in [2.05, 4.69) is 40.9 Å². The molecule has 0 radical (unpaired) electrons. The van der Waals surface area contributed by atoms with Crippen molar-refractivity contribution in [3.8, 4) is 0 Å². The number of hydrogen-bond donors (Lipinski definition) is 1. The Kier molecular flexibility index (Phi) is 3.17. The van der Waals surface area contributed by atoms with Crippen molar-refractivity contribution >= 4 is 5.91 Å². The Labute approximate surface area is 102 Å². The fourth-order valence-corrected chi connectivity index (χ4v) is 2.06. The van der Waals surface area contributed by atoms with E-state index in [4.69, 9.17) is 0 Å². The van der Waals surface area contributed by atoms with Crippen molar-refractivity contribution in [2.75, 3.05) is 0 Å². The number of nitrogens with zero attached hydrogens (tertiary/aromatic N) is 3. The van der Waals surface area contributed by atoms with E-state index in [1.165, 1.54) is 0 Å². The number of nitrogens with one attached hydrogen (secondary N) is 1. The Morgan fingerprint density at radius 3 is 2.88 bits per heavy atom. The molecule has 1 aromatic rings. The summed E-state index contributed by atoms with van der Waals surface area (Å²) in [5, 5.41) is 11.1. The molecule has 0 unspecified atom stereocenters. The normalized spacial score (nSPS) is 14.8. The lowest BCUT2D eigenvalue weighted by molar-refractivity contribution is -0.123. The van der Waals surface area contributed by atoms with Gasteiger partial charge in [0.15, 0.2) is 5.82 Å². The zero-order valence-corrected chi connectivity index (χ0v) is 10.8. The molecule has 94 valence electrons. The van der Waals surface area contributed by atoms with Gasteiger partial charge in [0.1, 0.15) is 5.82 Å². The zero-order chi connectivity index (χ0) is 12.5. The largest absolute Gasteiger partial charge is 0.349 e. The van der Waals surface area contributed by atoms with Gasteiger partial charge in [-0.2, -0.15) is 0 Å². The van der Waals surface area contributed by atoms with E-state index in [1.807, 2.05) is 0 Å². The van der Waals surface area contributed by atoms with Crippen molar-refractivity contribution in [1.82, 2.24) is 20.1 Å². The first kappa shape index (κ1) is 12.1. The molecule has 0 bridgehead atoms. The molecular formula is C12H20N4O. The molecule has 5 heteroatoms. The van der Waals surface area contributed by atoms with Gasteiger partial charge < -0.3 is 9.88 Å². The third-order valence-corrected chi connectivity index (χ3v) is 2.82. The van der Waals surface area contributed by atoms with Gasteiger partial charge in [0.05, 0.1) is 6.54 Å². The van der Waals surface area contributed by atoms with Gasteiger partial charge in [0, 0.05) is 19.4 Å². The summed E-state index contributed by atoms with van der Waals surface area (Å²) in [5.41, 5.74) is 0.0247. The Hall–Kier alpha value is -1.39. The average Bonchev–Trinajstić information content (AvgIpc) is 2.73. The minimum absolute atomic E-state index is 0.0247. The van der Waals surface area contributed by atoms with Crippen molar-refractivity contribution < 1.29 is 4.79 Å². The number of carbonyl (C=O) groups is 1. The van der Waals surface area contributed by atoms with Gasteiger partial charge in [-0.05, 0) is 11.8 Å². The Balaban J connectivity index is 1.88. The van der Waals surface area contributed by atoms with Crippen molar-refractivity contribution in [2.45, 2.75) is 53.1 Å². The summed E-state index contributed by atoms with van der Waals surface area (Å²) in [6.07, 6.45) is 2.67. The topological polar surface area (TPSA) is 59.8 Å². The number of fused-ring (bicyclic) bond motifs is 1. The van der Waals surface area contributed by atoms with E-state index in [-0.39, 0.29) is 11.3 Å². The SMILES string of the molecule is CC(C)(C)CC(=O)NCc1nnc2n1CCC2. The first-order valence-corrected chi connectivity index (χ1v) is 6.13. The number of amides is 1. The predicted octanol–water partition coefficient (Wildman–Crippen LogP) is 1.28. The van der Waals surface area contributed by atoms with E-state index in [0.29, 0.717) is 13.0 Å². The van der Waals surface area contributed by atoms with Crippen LogP contribution in [0.3, 0.4) is 0 Å². The summed E-state index contributed by atoms with van der Waals surface area (Å²) in [4.78, 5) is 11.7.